The van der Waals surface area contributed by atoms with Crippen LogP contribution < -0.4 is 0 Å². The van der Waals surface area contributed by atoms with Crippen molar-refractivity contribution in [2.75, 3.05) is 12.9 Å². The van der Waals surface area contributed by atoms with Gasteiger partial charge in [-0.05, 0) is 23.1 Å². The number of hydrogen-bond donors (Lipinski definition) is 1. The fourth-order valence-electron chi connectivity index (χ4n) is 3.87. The Labute approximate surface area is 187 Å². The molecule has 0 heterocycles. The fourth-order valence-corrected chi connectivity index (χ4v) is 4.54. The van der Waals surface area contributed by atoms with Crippen molar-refractivity contribution < 1.29 is 27.2 Å². The van der Waals surface area contributed by atoms with Crippen LogP contribution in [0.15, 0.2) is 65.8 Å². The van der Waals surface area contributed by atoms with Crippen LogP contribution in [0.5, 0.6) is 0 Å². The third-order valence-electron chi connectivity index (χ3n) is 5.33. The number of hydrogen-bond acceptors (Lipinski definition) is 7. The van der Waals surface area contributed by atoms with Gasteiger partial charge in [0.05, 0.1) is 31.6 Å². The number of rotatable bonds is 10. The van der Waals surface area contributed by atoms with E-state index in [1.165, 1.54) is 0 Å². The molecule has 5 atom stereocenters. The van der Waals surface area contributed by atoms with E-state index in [4.69, 9.17) is 19.2 Å². The Morgan fingerprint density at radius 1 is 0.969 bits per heavy atom. The molecule has 9 nitrogen and oxygen atoms in total. The predicted octanol–water partition coefficient (Wildman–Crippen LogP) is 3.19. The number of aliphatic hydroxyl groups is 1. The summed E-state index contributed by atoms with van der Waals surface area (Å²) in [6, 6.07) is 18.1. The molecule has 0 amide bonds. The summed E-state index contributed by atoms with van der Waals surface area (Å²) < 4.78 is 41.6. The van der Waals surface area contributed by atoms with Crippen LogP contribution in [0.1, 0.15) is 17.5 Å². The molecule has 1 N–H and O–H groups in total. The Balaban J connectivity index is 1.91. The molecule has 0 saturated heterocycles. The quantitative estimate of drug-likeness (QED) is 0.250. The van der Waals surface area contributed by atoms with E-state index in [2.05, 4.69) is 10.0 Å². The first kappa shape index (κ1) is 24.2. The van der Waals surface area contributed by atoms with Crippen LogP contribution in [-0.2, 0) is 37.0 Å². The molecule has 1 aliphatic rings. The van der Waals surface area contributed by atoms with Gasteiger partial charge in [0.2, 0.25) is 0 Å². The Bertz CT molecular complexity index is 999. The van der Waals surface area contributed by atoms with Gasteiger partial charge >= 0.3 is 0 Å². The highest BCUT2D eigenvalue weighted by Gasteiger charge is 2.48. The lowest BCUT2D eigenvalue weighted by Crippen LogP contribution is -2.57. The van der Waals surface area contributed by atoms with Gasteiger partial charge in [0.1, 0.15) is 12.2 Å². The summed E-state index contributed by atoms with van der Waals surface area (Å²) in [4.78, 5) is 2.93. The lowest BCUT2D eigenvalue weighted by Gasteiger charge is -2.44. The van der Waals surface area contributed by atoms with E-state index < -0.39 is 40.4 Å². The third kappa shape index (κ3) is 6.77. The number of benzene rings is 2. The van der Waals surface area contributed by atoms with Crippen LogP contribution in [0.25, 0.3) is 10.4 Å². The van der Waals surface area contributed by atoms with Gasteiger partial charge in [0.25, 0.3) is 10.1 Å². The second kappa shape index (κ2) is 11.4. The Kier molecular flexibility index (Phi) is 8.63. The predicted molar refractivity (Wildman–Crippen MR) is 118 cm³/mol. The van der Waals surface area contributed by atoms with Crippen molar-refractivity contribution >= 4 is 10.1 Å². The van der Waals surface area contributed by atoms with Gasteiger partial charge in [-0.1, -0.05) is 65.8 Å². The van der Waals surface area contributed by atoms with E-state index in [1.54, 1.807) is 0 Å². The maximum absolute atomic E-state index is 12.0. The fraction of sp³-hybridized carbons (Fsp3) is 0.455. The zero-order chi connectivity index (χ0) is 23.0. The summed E-state index contributed by atoms with van der Waals surface area (Å²) >= 11 is 0. The molecule has 2 aromatic carbocycles. The Morgan fingerprint density at radius 3 is 1.97 bits per heavy atom. The summed E-state index contributed by atoms with van der Waals surface area (Å²) in [6.45, 7) is 0.0270. The summed E-state index contributed by atoms with van der Waals surface area (Å²) in [5.74, 6) is -0.613. The lowest BCUT2D eigenvalue weighted by molar-refractivity contribution is -0.169. The monoisotopic (exact) mass is 461 g/mol. The van der Waals surface area contributed by atoms with Gasteiger partial charge in [0, 0.05) is 17.4 Å². The standard InChI is InChI=1S/C22H27N3O6S/c1-32(27,28)31-20-18(13-26)12-19(24-25-23)21(29-14-16-8-4-2-5-9-16)22(20)30-15-17-10-6-3-7-11-17/h2-11,18-22,26H,12-15H2,1H3/t18-,19+,20-,21+,22+/m1/s1. The zero-order valence-electron chi connectivity index (χ0n) is 17.7. The molecule has 0 unspecified atom stereocenters. The summed E-state index contributed by atoms with van der Waals surface area (Å²) in [7, 11) is -3.85. The molecular weight excluding hydrogens is 434 g/mol. The molecule has 0 radical (unpaired) electrons. The second-order valence-electron chi connectivity index (χ2n) is 7.74. The molecule has 32 heavy (non-hydrogen) atoms. The van der Waals surface area contributed by atoms with Gasteiger partial charge in [-0.3, -0.25) is 4.18 Å². The molecule has 172 valence electrons. The largest absolute Gasteiger partial charge is 0.396 e. The maximum atomic E-state index is 12.0. The zero-order valence-corrected chi connectivity index (χ0v) is 18.5. The van der Waals surface area contributed by atoms with E-state index in [1.807, 2.05) is 60.7 Å². The number of azide groups is 1. The molecule has 1 saturated carbocycles. The minimum absolute atomic E-state index is 0.168. The summed E-state index contributed by atoms with van der Waals surface area (Å²) in [5, 5.41) is 13.8. The van der Waals surface area contributed by atoms with Crippen molar-refractivity contribution in [3.05, 3.63) is 82.2 Å². The highest BCUT2D eigenvalue weighted by Crippen LogP contribution is 2.35. The molecule has 0 aliphatic heterocycles. The minimum atomic E-state index is -3.85. The highest BCUT2D eigenvalue weighted by molar-refractivity contribution is 7.86. The molecule has 2 aromatic rings. The molecule has 0 spiro atoms. The third-order valence-corrected chi connectivity index (χ3v) is 5.90. The van der Waals surface area contributed by atoms with Gasteiger partial charge in [-0.2, -0.15) is 8.42 Å². The first-order chi connectivity index (χ1) is 15.4. The van der Waals surface area contributed by atoms with Crippen LogP contribution in [0.3, 0.4) is 0 Å². The van der Waals surface area contributed by atoms with Crippen molar-refractivity contribution in [2.24, 2.45) is 11.0 Å². The van der Waals surface area contributed by atoms with Crippen LogP contribution in [0.2, 0.25) is 0 Å². The minimum Gasteiger partial charge on any atom is -0.396 e. The molecule has 10 heteroatoms. The molecule has 1 aliphatic carbocycles. The molecule has 0 bridgehead atoms. The molecule has 3 rings (SSSR count). The van der Waals surface area contributed by atoms with Gasteiger partial charge in [0.15, 0.2) is 0 Å². The van der Waals surface area contributed by atoms with Crippen LogP contribution in [0.4, 0.5) is 0 Å². The summed E-state index contributed by atoms with van der Waals surface area (Å²) in [5.41, 5.74) is 10.9. The van der Waals surface area contributed by atoms with E-state index in [9.17, 15) is 13.5 Å². The highest BCUT2D eigenvalue weighted by atomic mass is 32.2. The second-order valence-corrected chi connectivity index (χ2v) is 9.34. The van der Waals surface area contributed by atoms with Crippen molar-refractivity contribution in [1.82, 2.24) is 0 Å². The Hall–Kier alpha value is -2.46. The molecule has 1 fully saturated rings. The van der Waals surface area contributed by atoms with Crippen molar-refractivity contribution in [1.29, 1.82) is 0 Å². The van der Waals surface area contributed by atoms with Crippen LogP contribution in [-0.4, -0.2) is 50.7 Å². The van der Waals surface area contributed by atoms with Crippen molar-refractivity contribution in [2.45, 2.75) is 44.0 Å². The van der Waals surface area contributed by atoms with Crippen molar-refractivity contribution in [3.8, 4) is 0 Å². The molecule has 0 aromatic heterocycles. The average molecular weight is 462 g/mol. The van der Waals surface area contributed by atoms with Crippen molar-refractivity contribution in [3.63, 3.8) is 0 Å². The van der Waals surface area contributed by atoms with E-state index >= 15 is 0 Å². The summed E-state index contributed by atoms with van der Waals surface area (Å²) in [6.07, 6.45) is -1.51. The van der Waals surface area contributed by atoms with Gasteiger partial charge in [-0.25, -0.2) is 0 Å². The SMILES string of the molecule is CS(=O)(=O)O[C@@H]1[C@@H](CO)C[C@H](N=[N+]=[N-])[C@H](OCc2ccccc2)[C@H]1OCc1ccccc1. The van der Waals surface area contributed by atoms with Gasteiger partial charge < -0.3 is 14.6 Å². The topological polar surface area (TPSA) is 131 Å². The Morgan fingerprint density at radius 2 is 1.50 bits per heavy atom. The van der Waals surface area contributed by atoms with E-state index in [0.29, 0.717) is 0 Å². The number of aliphatic hydroxyl groups excluding tert-OH is 1. The van der Waals surface area contributed by atoms with Gasteiger partial charge in [-0.15, -0.1) is 0 Å². The normalized spacial score (nSPS) is 25.8. The first-order valence-electron chi connectivity index (χ1n) is 10.3. The maximum Gasteiger partial charge on any atom is 0.264 e. The first-order valence-corrected chi connectivity index (χ1v) is 12.1. The van der Waals surface area contributed by atoms with Crippen LogP contribution >= 0.6 is 0 Å². The number of ether oxygens (including phenoxy) is 2. The smallest absolute Gasteiger partial charge is 0.264 e. The van der Waals surface area contributed by atoms with E-state index in [0.717, 1.165) is 17.4 Å². The molecular formula is C22H27N3O6S. The number of nitrogens with zero attached hydrogens (tertiary/aromatic N) is 3. The average Bonchev–Trinajstić information content (AvgIpc) is 2.78. The van der Waals surface area contributed by atoms with E-state index in [-0.39, 0.29) is 26.2 Å². The van der Waals surface area contributed by atoms with Crippen LogP contribution in [0, 0.1) is 5.92 Å². The lowest BCUT2D eigenvalue weighted by atomic mass is 9.80.